The molecule has 0 bridgehead atoms. The second-order valence-electron chi connectivity index (χ2n) is 3.26. The molecular formula is C8H15NO3. The molecule has 4 heteroatoms. The number of esters is 1. The summed E-state index contributed by atoms with van der Waals surface area (Å²) < 4.78 is 10.3. The van der Waals surface area contributed by atoms with Crippen molar-refractivity contribution < 1.29 is 14.3 Å². The minimum atomic E-state index is -0.277. The van der Waals surface area contributed by atoms with Crippen molar-refractivity contribution in [1.82, 2.24) is 5.32 Å². The van der Waals surface area contributed by atoms with Gasteiger partial charge in [-0.25, -0.2) is 0 Å². The summed E-state index contributed by atoms with van der Waals surface area (Å²) in [5, 5.41) is 3.06. The Hall–Kier alpha value is -0.610. The number of rotatable bonds is 2. The second kappa shape index (κ2) is 3.87. The summed E-state index contributed by atoms with van der Waals surface area (Å²) in [6.07, 6.45) is -0.260. The van der Waals surface area contributed by atoms with E-state index in [4.69, 9.17) is 9.47 Å². The molecule has 1 unspecified atom stereocenters. The van der Waals surface area contributed by atoms with E-state index in [-0.39, 0.29) is 18.4 Å². The lowest BCUT2D eigenvalue weighted by atomic mass is 10.2. The molecule has 70 valence electrons. The van der Waals surface area contributed by atoms with Crippen molar-refractivity contribution in [1.29, 1.82) is 0 Å². The Kier molecular flexibility index (Phi) is 3.05. The van der Waals surface area contributed by atoms with Crippen LogP contribution in [0, 0.1) is 5.92 Å². The fourth-order valence-electron chi connectivity index (χ4n) is 1.12. The third kappa shape index (κ3) is 2.46. The van der Waals surface area contributed by atoms with Gasteiger partial charge in [0.2, 0.25) is 0 Å². The van der Waals surface area contributed by atoms with Crippen LogP contribution in [0.2, 0.25) is 0 Å². The van der Waals surface area contributed by atoms with Gasteiger partial charge in [0.05, 0.1) is 6.61 Å². The summed E-state index contributed by atoms with van der Waals surface area (Å²) in [5.74, 6) is 0.117. The lowest BCUT2D eigenvalue weighted by molar-refractivity contribution is -0.147. The first kappa shape index (κ1) is 9.48. The molecule has 0 aromatic carbocycles. The van der Waals surface area contributed by atoms with E-state index in [1.165, 1.54) is 6.92 Å². The highest BCUT2D eigenvalue weighted by atomic mass is 16.6. The second-order valence-corrected chi connectivity index (χ2v) is 3.26. The van der Waals surface area contributed by atoms with Crippen LogP contribution < -0.4 is 5.32 Å². The van der Waals surface area contributed by atoms with Gasteiger partial charge in [0.25, 0.3) is 0 Å². The van der Waals surface area contributed by atoms with E-state index < -0.39 is 0 Å². The summed E-state index contributed by atoms with van der Waals surface area (Å²) in [7, 11) is 0. The van der Waals surface area contributed by atoms with Gasteiger partial charge in [-0.15, -0.1) is 0 Å². The Morgan fingerprint density at radius 3 is 2.75 bits per heavy atom. The van der Waals surface area contributed by atoms with Crippen LogP contribution in [0.25, 0.3) is 0 Å². The van der Waals surface area contributed by atoms with Gasteiger partial charge in [0.1, 0.15) is 6.23 Å². The zero-order valence-electron chi connectivity index (χ0n) is 7.66. The predicted molar refractivity (Wildman–Crippen MR) is 43.3 cm³/mol. The highest BCUT2D eigenvalue weighted by Crippen LogP contribution is 2.11. The van der Waals surface area contributed by atoms with Crippen LogP contribution >= 0.6 is 0 Å². The summed E-state index contributed by atoms with van der Waals surface area (Å²) >= 11 is 0. The number of ether oxygens (including phenoxy) is 2. The van der Waals surface area contributed by atoms with Crippen molar-refractivity contribution in [2.45, 2.75) is 33.2 Å². The molecule has 1 fully saturated rings. The smallest absolute Gasteiger partial charge is 0.304 e. The monoisotopic (exact) mass is 173 g/mol. The number of carbonyl (C=O) groups is 1. The SMILES string of the molecule is CC(=O)O[C@H]1COC(C(C)C)N1. The molecule has 1 aliphatic rings. The van der Waals surface area contributed by atoms with Crippen molar-refractivity contribution in [3.8, 4) is 0 Å². The third-order valence-electron chi connectivity index (χ3n) is 1.69. The molecule has 0 radical (unpaired) electrons. The largest absolute Gasteiger partial charge is 0.444 e. The normalized spacial score (nSPS) is 29.3. The fourth-order valence-corrected chi connectivity index (χ4v) is 1.12. The molecule has 0 aromatic rings. The molecule has 1 heterocycles. The molecule has 1 N–H and O–H groups in total. The van der Waals surface area contributed by atoms with Crippen molar-refractivity contribution in [2.24, 2.45) is 5.92 Å². The van der Waals surface area contributed by atoms with Crippen LogP contribution in [-0.2, 0) is 14.3 Å². The fraction of sp³-hybridized carbons (Fsp3) is 0.875. The van der Waals surface area contributed by atoms with Gasteiger partial charge in [-0.2, -0.15) is 0 Å². The minimum absolute atomic E-state index is 0.00866. The Morgan fingerprint density at radius 2 is 2.33 bits per heavy atom. The van der Waals surface area contributed by atoms with Crippen LogP contribution in [-0.4, -0.2) is 25.0 Å². The summed E-state index contributed by atoms with van der Waals surface area (Å²) in [6, 6.07) is 0. The highest BCUT2D eigenvalue weighted by Gasteiger charge is 2.28. The zero-order valence-corrected chi connectivity index (χ0v) is 7.66. The molecule has 4 nitrogen and oxygen atoms in total. The first-order valence-electron chi connectivity index (χ1n) is 4.14. The third-order valence-corrected chi connectivity index (χ3v) is 1.69. The number of hydrogen-bond donors (Lipinski definition) is 1. The standard InChI is InChI=1S/C8H15NO3/c1-5(2)8-9-7(4-11-8)12-6(3)10/h5,7-9H,4H2,1-3H3/t7-,8?/m0/s1. The maximum absolute atomic E-state index is 10.6. The Balaban J connectivity index is 2.30. The van der Waals surface area contributed by atoms with Gasteiger partial charge >= 0.3 is 5.97 Å². The number of carbonyl (C=O) groups excluding carboxylic acids is 1. The van der Waals surface area contributed by atoms with E-state index >= 15 is 0 Å². The van der Waals surface area contributed by atoms with Gasteiger partial charge in [0, 0.05) is 6.92 Å². The lowest BCUT2D eigenvalue weighted by Gasteiger charge is -2.14. The lowest BCUT2D eigenvalue weighted by Crippen LogP contribution is -2.36. The van der Waals surface area contributed by atoms with E-state index in [0.717, 1.165) is 0 Å². The van der Waals surface area contributed by atoms with Gasteiger partial charge in [0.15, 0.2) is 6.23 Å². The first-order valence-corrected chi connectivity index (χ1v) is 4.14. The molecule has 1 saturated heterocycles. The Bertz CT molecular complexity index is 170. The van der Waals surface area contributed by atoms with Crippen molar-refractivity contribution >= 4 is 5.97 Å². The summed E-state index contributed by atoms with van der Waals surface area (Å²) in [4.78, 5) is 10.6. The van der Waals surface area contributed by atoms with Crippen LogP contribution in [0.3, 0.4) is 0 Å². The predicted octanol–water partition coefficient (Wildman–Crippen LogP) is 0.477. The van der Waals surface area contributed by atoms with Crippen LogP contribution in [0.5, 0.6) is 0 Å². The van der Waals surface area contributed by atoms with Crippen LogP contribution in [0.4, 0.5) is 0 Å². The van der Waals surface area contributed by atoms with E-state index in [9.17, 15) is 4.79 Å². The average molecular weight is 173 g/mol. The Morgan fingerprint density at radius 1 is 1.67 bits per heavy atom. The minimum Gasteiger partial charge on any atom is -0.444 e. The number of hydrogen-bond acceptors (Lipinski definition) is 4. The topological polar surface area (TPSA) is 47.6 Å². The van der Waals surface area contributed by atoms with Gasteiger partial charge < -0.3 is 9.47 Å². The summed E-state index contributed by atoms with van der Waals surface area (Å²) in [5.41, 5.74) is 0. The van der Waals surface area contributed by atoms with E-state index in [0.29, 0.717) is 12.5 Å². The molecule has 0 saturated carbocycles. The summed E-state index contributed by atoms with van der Waals surface area (Å²) in [6.45, 7) is 5.94. The maximum Gasteiger partial charge on any atom is 0.304 e. The van der Waals surface area contributed by atoms with Crippen LogP contribution in [0.1, 0.15) is 20.8 Å². The molecule has 0 spiro atoms. The van der Waals surface area contributed by atoms with Gasteiger partial charge in [-0.05, 0) is 5.92 Å². The quantitative estimate of drug-likeness (QED) is 0.617. The average Bonchev–Trinajstić information content (AvgIpc) is 2.34. The first-order chi connectivity index (χ1) is 5.59. The molecule has 2 atom stereocenters. The molecule has 0 aromatic heterocycles. The van der Waals surface area contributed by atoms with E-state index in [1.807, 2.05) is 13.8 Å². The molecule has 0 aliphatic carbocycles. The molecule has 0 amide bonds. The van der Waals surface area contributed by atoms with Gasteiger partial charge in [-0.3, -0.25) is 10.1 Å². The van der Waals surface area contributed by atoms with Crippen molar-refractivity contribution in [3.05, 3.63) is 0 Å². The highest BCUT2D eigenvalue weighted by molar-refractivity contribution is 5.66. The molecular weight excluding hydrogens is 158 g/mol. The molecule has 1 rings (SSSR count). The Labute approximate surface area is 72.2 Å². The van der Waals surface area contributed by atoms with Crippen molar-refractivity contribution in [3.63, 3.8) is 0 Å². The maximum atomic E-state index is 10.6. The van der Waals surface area contributed by atoms with Crippen LogP contribution in [0.15, 0.2) is 0 Å². The van der Waals surface area contributed by atoms with E-state index in [2.05, 4.69) is 5.32 Å². The van der Waals surface area contributed by atoms with Gasteiger partial charge in [-0.1, -0.05) is 13.8 Å². The zero-order chi connectivity index (χ0) is 9.14. The molecule has 1 aliphatic heterocycles. The van der Waals surface area contributed by atoms with Crippen molar-refractivity contribution in [2.75, 3.05) is 6.61 Å². The number of nitrogens with one attached hydrogen (secondary N) is 1. The molecule has 12 heavy (non-hydrogen) atoms. The van der Waals surface area contributed by atoms with E-state index in [1.54, 1.807) is 0 Å².